The van der Waals surface area contributed by atoms with Crippen LogP contribution in [0.4, 0.5) is 17.6 Å². The van der Waals surface area contributed by atoms with Gasteiger partial charge in [0.15, 0.2) is 5.82 Å². The first-order valence-corrected chi connectivity index (χ1v) is 13.4. The minimum atomic E-state index is -4.61. The molecule has 1 heterocycles. The molecule has 2 aliphatic rings. The molecule has 6 rings (SSSR count). The Balaban J connectivity index is 1.43. The van der Waals surface area contributed by atoms with Crippen molar-refractivity contribution < 1.29 is 22.3 Å². The van der Waals surface area contributed by atoms with Crippen LogP contribution in [0.5, 0.6) is 5.75 Å². The second-order valence-corrected chi connectivity index (χ2v) is 10.5. The van der Waals surface area contributed by atoms with Crippen LogP contribution in [0.1, 0.15) is 36.8 Å². The van der Waals surface area contributed by atoms with Gasteiger partial charge in [0, 0.05) is 29.6 Å². The smallest absolute Gasteiger partial charge is 0.417 e. The van der Waals surface area contributed by atoms with Gasteiger partial charge in [-0.05, 0) is 61.4 Å². The number of alkyl halides is 3. The van der Waals surface area contributed by atoms with E-state index >= 15 is 4.39 Å². The van der Waals surface area contributed by atoms with Crippen molar-refractivity contribution in [3.05, 3.63) is 102 Å². The summed E-state index contributed by atoms with van der Waals surface area (Å²) in [6.07, 6.45) is 3.59. The van der Waals surface area contributed by atoms with Crippen molar-refractivity contribution in [1.29, 1.82) is 0 Å². The van der Waals surface area contributed by atoms with Gasteiger partial charge in [0.2, 0.25) is 0 Å². The minimum absolute atomic E-state index is 0.0298. The topological polar surface area (TPSA) is 26.2 Å². The van der Waals surface area contributed by atoms with Gasteiger partial charge in [-0.25, -0.2) is 4.39 Å². The first kappa shape index (κ1) is 25.7. The third-order valence-corrected chi connectivity index (χ3v) is 7.72. The van der Waals surface area contributed by atoms with Crippen LogP contribution in [0.3, 0.4) is 0 Å². The summed E-state index contributed by atoms with van der Waals surface area (Å²) >= 11 is 0. The predicted molar refractivity (Wildman–Crippen MR) is 145 cm³/mol. The number of hydrogen-bond donors (Lipinski definition) is 1. The molecular formula is C32H30F4N2O. The summed E-state index contributed by atoms with van der Waals surface area (Å²) in [4.78, 5) is 0. The Morgan fingerprint density at radius 3 is 2.41 bits per heavy atom. The fraction of sp³-hybridized carbons (Fsp3) is 0.312. The fourth-order valence-electron chi connectivity index (χ4n) is 5.58. The molecular weight excluding hydrogens is 504 g/mol. The zero-order valence-electron chi connectivity index (χ0n) is 21.4. The molecule has 202 valence electrons. The summed E-state index contributed by atoms with van der Waals surface area (Å²) in [5.41, 5.74) is 0.507. The molecule has 1 saturated carbocycles. The summed E-state index contributed by atoms with van der Waals surface area (Å²) in [7, 11) is 0. The molecule has 3 aromatic carbocycles. The Bertz CT molecular complexity index is 1490. The van der Waals surface area contributed by atoms with Gasteiger partial charge in [0.05, 0.1) is 16.8 Å². The van der Waals surface area contributed by atoms with Crippen molar-refractivity contribution in [1.82, 2.24) is 9.88 Å². The molecule has 0 bridgehead atoms. The van der Waals surface area contributed by atoms with Crippen LogP contribution < -0.4 is 10.1 Å². The SMILES string of the molecule is Fc1c(-c2ccccc2C(F)(F)F)n(CC2CC=CC[C@@H]2NC2CC2)c2ccc(OCc3ccccc3)cc12. The lowest BCUT2D eigenvalue weighted by atomic mass is 9.88. The summed E-state index contributed by atoms with van der Waals surface area (Å²) in [6.45, 7) is 0.711. The van der Waals surface area contributed by atoms with E-state index in [1.165, 1.54) is 18.2 Å². The molecule has 0 amide bonds. The lowest BCUT2D eigenvalue weighted by molar-refractivity contribution is -0.137. The Morgan fingerprint density at radius 2 is 1.64 bits per heavy atom. The molecule has 3 nitrogen and oxygen atoms in total. The largest absolute Gasteiger partial charge is 0.489 e. The molecule has 2 aliphatic carbocycles. The summed E-state index contributed by atoms with van der Waals surface area (Å²) < 4.78 is 66.2. The molecule has 1 unspecified atom stereocenters. The molecule has 0 radical (unpaired) electrons. The van der Waals surface area contributed by atoms with Gasteiger partial charge in [-0.3, -0.25) is 0 Å². The molecule has 0 saturated heterocycles. The number of ether oxygens (including phenoxy) is 1. The zero-order valence-corrected chi connectivity index (χ0v) is 21.4. The number of benzene rings is 3. The van der Waals surface area contributed by atoms with Gasteiger partial charge in [-0.15, -0.1) is 0 Å². The Labute approximate surface area is 225 Å². The first-order valence-electron chi connectivity index (χ1n) is 13.4. The van der Waals surface area contributed by atoms with Crippen molar-refractivity contribution in [2.45, 2.75) is 57.1 Å². The van der Waals surface area contributed by atoms with Crippen LogP contribution in [0.15, 0.2) is 84.9 Å². The molecule has 1 N–H and O–H groups in total. The molecule has 4 aromatic rings. The number of fused-ring (bicyclic) bond motifs is 1. The van der Waals surface area contributed by atoms with Crippen molar-refractivity contribution in [3.8, 4) is 17.0 Å². The predicted octanol–water partition coefficient (Wildman–Crippen LogP) is 8.13. The monoisotopic (exact) mass is 534 g/mol. The normalized spacial score (nSPS) is 19.5. The van der Waals surface area contributed by atoms with Gasteiger partial charge in [0.25, 0.3) is 0 Å². The van der Waals surface area contributed by atoms with Gasteiger partial charge in [-0.2, -0.15) is 13.2 Å². The van der Waals surface area contributed by atoms with Crippen LogP contribution in [0, 0.1) is 11.7 Å². The highest BCUT2D eigenvalue weighted by Crippen LogP contribution is 2.42. The number of nitrogens with one attached hydrogen (secondary N) is 1. The van der Waals surface area contributed by atoms with Crippen LogP contribution >= 0.6 is 0 Å². The first-order chi connectivity index (χ1) is 18.9. The van der Waals surface area contributed by atoms with Crippen LogP contribution in [0.25, 0.3) is 22.2 Å². The number of rotatable bonds is 8. The highest BCUT2D eigenvalue weighted by Gasteiger charge is 2.36. The molecule has 1 fully saturated rings. The number of aromatic nitrogens is 1. The van der Waals surface area contributed by atoms with Crippen LogP contribution in [-0.2, 0) is 19.3 Å². The second kappa shape index (κ2) is 10.5. The number of allylic oxidation sites excluding steroid dienone is 1. The maximum Gasteiger partial charge on any atom is 0.417 e. The van der Waals surface area contributed by atoms with Crippen LogP contribution in [0.2, 0.25) is 0 Å². The Morgan fingerprint density at radius 1 is 0.897 bits per heavy atom. The van der Waals surface area contributed by atoms with Crippen molar-refractivity contribution in [2.24, 2.45) is 5.92 Å². The third kappa shape index (κ3) is 5.46. The maximum absolute atomic E-state index is 16.3. The lowest BCUT2D eigenvalue weighted by Gasteiger charge is -2.31. The third-order valence-electron chi connectivity index (χ3n) is 7.72. The molecule has 39 heavy (non-hydrogen) atoms. The molecule has 0 aliphatic heterocycles. The highest BCUT2D eigenvalue weighted by molar-refractivity contribution is 5.90. The fourth-order valence-corrected chi connectivity index (χ4v) is 5.58. The van der Waals surface area contributed by atoms with E-state index in [0.717, 1.165) is 37.3 Å². The van der Waals surface area contributed by atoms with E-state index in [2.05, 4.69) is 17.5 Å². The van der Waals surface area contributed by atoms with Crippen molar-refractivity contribution in [3.63, 3.8) is 0 Å². The maximum atomic E-state index is 16.3. The quantitative estimate of drug-likeness (QED) is 0.182. The summed E-state index contributed by atoms with van der Waals surface area (Å²) in [6, 6.07) is 20.7. The van der Waals surface area contributed by atoms with E-state index in [9.17, 15) is 13.2 Å². The summed E-state index contributed by atoms with van der Waals surface area (Å²) in [5.74, 6) is -0.0757. The molecule has 2 atom stereocenters. The van der Waals surface area contributed by atoms with Crippen molar-refractivity contribution >= 4 is 10.9 Å². The van der Waals surface area contributed by atoms with E-state index in [1.54, 1.807) is 22.8 Å². The summed E-state index contributed by atoms with van der Waals surface area (Å²) in [5, 5.41) is 3.95. The lowest BCUT2D eigenvalue weighted by Crippen LogP contribution is -2.40. The van der Waals surface area contributed by atoms with E-state index in [-0.39, 0.29) is 28.6 Å². The molecule has 7 heteroatoms. The highest BCUT2D eigenvalue weighted by atomic mass is 19.4. The van der Waals surface area contributed by atoms with E-state index in [1.807, 2.05) is 30.3 Å². The number of halogens is 4. The van der Waals surface area contributed by atoms with Gasteiger partial charge in [-0.1, -0.05) is 60.7 Å². The van der Waals surface area contributed by atoms with Crippen LogP contribution in [-0.4, -0.2) is 16.7 Å². The number of nitrogens with zero attached hydrogens (tertiary/aromatic N) is 1. The minimum Gasteiger partial charge on any atom is -0.489 e. The Kier molecular flexibility index (Phi) is 6.94. The standard InChI is InChI=1S/C32H30F4N2O/c33-30-26-18-24(39-20-21-8-2-1-3-9-21)16-17-29(26)38(19-22-10-4-7-13-28(22)37-23-14-15-23)31(30)25-11-5-6-12-27(25)32(34,35)36/h1-9,11-12,16-18,22-23,28,37H,10,13-15,19-20H2/t22?,28-/m0/s1. The zero-order chi connectivity index (χ0) is 27.0. The molecule has 1 aromatic heterocycles. The van der Waals surface area contributed by atoms with Gasteiger partial charge in [0.1, 0.15) is 12.4 Å². The van der Waals surface area contributed by atoms with Gasteiger partial charge >= 0.3 is 6.18 Å². The average Bonchev–Trinajstić information content (AvgIpc) is 3.72. The average molecular weight is 535 g/mol. The molecule has 0 spiro atoms. The van der Waals surface area contributed by atoms with E-state index in [0.29, 0.717) is 30.5 Å². The second-order valence-electron chi connectivity index (χ2n) is 10.5. The number of hydrogen-bond acceptors (Lipinski definition) is 2. The van der Waals surface area contributed by atoms with E-state index in [4.69, 9.17) is 4.74 Å². The van der Waals surface area contributed by atoms with Gasteiger partial charge < -0.3 is 14.6 Å². The Hall–Kier alpha value is -3.58. The van der Waals surface area contributed by atoms with Crippen molar-refractivity contribution in [2.75, 3.05) is 0 Å². The van der Waals surface area contributed by atoms with E-state index < -0.39 is 17.6 Å².